The first-order valence-electron chi connectivity index (χ1n) is 6.98. The third-order valence-electron chi connectivity index (χ3n) is 4.02. The summed E-state index contributed by atoms with van der Waals surface area (Å²) in [6.45, 7) is 4.67. The molecule has 1 aliphatic rings. The number of fused-ring (bicyclic) bond motifs is 1. The molecule has 106 valence electrons. The van der Waals surface area contributed by atoms with Crippen LogP contribution in [0, 0.1) is 13.8 Å². The minimum atomic E-state index is 0.0923. The van der Waals surface area contributed by atoms with Gasteiger partial charge in [-0.1, -0.05) is 0 Å². The molecule has 3 heterocycles. The number of aryl methyl sites for hydroxylation is 3. The molecular formula is C15H19N3OS. The Morgan fingerprint density at radius 1 is 1.35 bits per heavy atom. The summed E-state index contributed by atoms with van der Waals surface area (Å²) in [7, 11) is 1.89. The van der Waals surface area contributed by atoms with E-state index < -0.39 is 0 Å². The lowest BCUT2D eigenvalue weighted by molar-refractivity contribution is 0.0986. The highest BCUT2D eigenvalue weighted by molar-refractivity contribution is 7.10. The SMILES string of the molecule is Cc1nn(C)c(C)c1C(=O)N1CCCCc2sccc21. The molecule has 4 nitrogen and oxygen atoms in total. The molecule has 0 spiro atoms. The smallest absolute Gasteiger partial charge is 0.262 e. The summed E-state index contributed by atoms with van der Waals surface area (Å²) in [6.07, 6.45) is 3.30. The Hall–Kier alpha value is -1.62. The highest BCUT2D eigenvalue weighted by Gasteiger charge is 2.27. The van der Waals surface area contributed by atoms with Crippen molar-refractivity contribution in [1.82, 2.24) is 9.78 Å². The first kappa shape index (κ1) is 13.4. The Morgan fingerprint density at radius 3 is 2.85 bits per heavy atom. The topological polar surface area (TPSA) is 38.1 Å². The predicted molar refractivity (Wildman–Crippen MR) is 81.6 cm³/mol. The van der Waals surface area contributed by atoms with Crippen LogP contribution in [-0.2, 0) is 13.5 Å². The van der Waals surface area contributed by atoms with Crippen LogP contribution in [0.25, 0.3) is 0 Å². The zero-order chi connectivity index (χ0) is 14.3. The second-order valence-electron chi connectivity index (χ2n) is 5.31. The molecule has 0 aliphatic carbocycles. The third kappa shape index (κ3) is 2.06. The summed E-state index contributed by atoms with van der Waals surface area (Å²) in [5.74, 6) is 0.0923. The number of hydrogen-bond donors (Lipinski definition) is 0. The first-order valence-corrected chi connectivity index (χ1v) is 7.86. The number of anilines is 1. The van der Waals surface area contributed by atoms with Crippen molar-refractivity contribution >= 4 is 22.9 Å². The van der Waals surface area contributed by atoms with Gasteiger partial charge in [-0.05, 0) is 44.6 Å². The van der Waals surface area contributed by atoms with E-state index in [4.69, 9.17) is 0 Å². The molecule has 0 fully saturated rings. The zero-order valence-corrected chi connectivity index (χ0v) is 13.0. The van der Waals surface area contributed by atoms with Gasteiger partial charge in [0.15, 0.2) is 0 Å². The van der Waals surface area contributed by atoms with Gasteiger partial charge in [0.25, 0.3) is 5.91 Å². The van der Waals surface area contributed by atoms with E-state index in [9.17, 15) is 4.79 Å². The van der Waals surface area contributed by atoms with Crippen LogP contribution < -0.4 is 4.90 Å². The van der Waals surface area contributed by atoms with Crippen molar-refractivity contribution < 1.29 is 4.79 Å². The number of thiophene rings is 1. The fourth-order valence-electron chi connectivity index (χ4n) is 2.87. The highest BCUT2D eigenvalue weighted by atomic mass is 32.1. The van der Waals surface area contributed by atoms with E-state index >= 15 is 0 Å². The maximum atomic E-state index is 12.9. The van der Waals surface area contributed by atoms with Crippen LogP contribution in [0.1, 0.15) is 39.5 Å². The Labute approximate surface area is 123 Å². The van der Waals surface area contributed by atoms with Gasteiger partial charge in [-0.2, -0.15) is 5.10 Å². The third-order valence-corrected chi connectivity index (χ3v) is 4.99. The van der Waals surface area contributed by atoms with E-state index in [1.54, 1.807) is 16.0 Å². The molecule has 0 N–H and O–H groups in total. The normalized spacial score (nSPS) is 15.1. The van der Waals surface area contributed by atoms with Crippen LogP contribution in [0.15, 0.2) is 11.4 Å². The fourth-order valence-corrected chi connectivity index (χ4v) is 3.79. The molecule has 2 aromatic rings. The van der Waals surface area contributed by atoms with Crippen molar-refractivity contribution in [3.63, 3.8) is 0 Å². The summed E-state index contributed by atoms with van der Waals surface area (Å²) in [4.78, 5) is 16.2. The largest absolute Gasteiger partial charge is 0.307 e. The molecule has 5 heteroatoms. The Kier molecular flexibility index (Phi) is 3.38. The molecule has 0 saturated carbocycles. The van der Waals surface area contributed by atoms with Gasteiger partial charge < -0.3 is 4.90 Å². The summed E-state index contributed by atoms with van der Waals surface area (Å²) < 4.78 is 1.79. The Balaban J connectivity index is 2.03. The number of amides is 1. The van der Waals surface area contributed by atoms with Crippen molar-refractivity contribution in [2.45, 2.75) is 33.1 Å². The molecular weight excluding hydrogens is 270 g/mol. The van der Waals surface area contributed by atoms with Gasteiger partial charge in [0, 0.05) is 24.2 Å². The molecule has 0 unspecified atom stereocenters. The molecule has 0 saturated heterocycles. The monoisotopic (exact) mass is 289 g/mol. The first-order chi connectivity index (χ1) is 9.59. The van der Waals surface area contributed by atoms with Crippen molar-refractivity contribution in [1.29, 1.82) is 0 Å². The van der Waals surface area contributed by atoms with Crippen molar-refractivity contribution in [2.75, 3.05) is 11.4 Å². The highest BCUT2D eigenvalue weighted by Crippen LogP contribution is 2.32. The van der Waals surface area contributed by atoms with Crippen LogP contribution in [0.3, 0.4) is 0 Å². The van der Waals surface area contributed by atoms with Gasteiger partial charge in [0.05, 0.1) is 16.9 Å². The molecule has 0 radical (unpaired) electrons. The second-order valence-corrected chi connectivity index (χ2v) is 6.31. The predicted octanol–water partition coefficient (Wildman–Crippen LogP) is 3.08. The molecule has 1 amide bonds. The van der Waals surface area contributed by atoms with E-state index in [0.29, 0.717) is 0 Å². The molecule has 0 atom stereocenters. The number of rotatable bonds is 1. The number of nitrogens with zero attached hydrogens (tertiary/aromatic N) is 3. The van der Waals surface area contributed by atoms with Crippen LogP contribution in [0.2, 0.25) is 0 Å². The average Bonchev–Trinajstić information content (AvgIpc) is 2.89. The lowest BCUT2D eigenvalue weighted by Gasteiger charge is -2.21. The lowest BCUT2D eigenvalue weighted by Crippen LogP contribution is -2.32. The summed E-state index contributed by atoms with van der Waals surface area (Å²) in [5, 5.41) is 6.45. The minimum absolute atomic E-state index is 0.0923. The van der Waals surface area contributed by atoms with Gasteiger partial charge in [0.2, 0.25) is 0 Å². The number of hydrogen-bond acceptors (Lipinski definition) is 3. The number of carbonyl (C=O) groups is 1. The fraction of sp³-hybridized carbons (Fsp3) is 0.467. The Morgan fingerprint density at radius 2 is 2.15 bits per heavy atom. The van der Waals surface area contributed by atoms with E-state index in [0.717, 1.165) is 48.4 Å². The van der Waals surface area contributed by atoms with E-state index in [1.807, 2.05) is 25.8 Å². The molecule has 20 heavy (non-hydrogen) atoms. The van der Waals surface area contributed by atoms with Crippen LogP contribution >= 0.6 is 11.3 Å². The van der Waals surface area contributed by atoms with Gasteiger partial charge in [-0.15, -0.1) is 11.3 Å². The summed E-state index contributed by atoms with van der Waals surface area (Å²) in [5.41, 5.74) is 3.61. The average molecular weight is 289 g/mol. The summed E-state index contributed by atoms with van der Waals surface area (Å²) in [6, 6.07) is 2.07. The van der Waals surface area contributed by atoms with E-state index in [-0.39, 0.29) is 5.91 Å². The summed E-state index contributed by atoms with van der Waals surface area (Å²) >= 11 is 1.75. The maximum Gasteiger partial charge on any atom is 0.262 e. The van der Waals surface area contributed by atoms with Gasteiger partial charge in [0.1, 0.15) is 0 Å². The van der Waals surface area contributed by atoms with E-state index in [2.05, 4.69) is 16.5 Å². The van der Waals surface area contributed by atoms with Gasteiger partial charge in [-0.3, -0.25) is 9.48 Å². The van der Waals surface area contributed by atoms with Crippen LogP contribution in [-0.4, -0.2) is 22.2 Å². The molecule has 0 bridgehead atoms. The van der Waals surface area contributed by atoms with Crippen LogP contribution in [0.4, 0.5) is 5.69 Å². The minimum Gasteiger partial charge on any atom is -0.307 e. The van der Waals surface area contributed by atoms with Crippen molar-refractivity contribution in [3.8, 4) is 0 Å². The second kappa shape index (κ2) is 5.05. The number of aromatic nitrogens is 2. The van der Waals surface area contributed by atoms with Crippen molar-refractivity contribution in [3.05, 3.63) is 33.3 Å². The quantitative estimate of drug-likeness (QED) is 0.809. The van der Waals surface area contributed by atoms with Crippen molar-refractivity contribution in [2.24, 2.45) is 7.05 Å². The van der Waals surface area contributed by atoms with Gasteiger partial charge >= 0.3 is 0 Å². The maximum absolute atomic E-state index is 12.9. The standard InChI is InChI=1S/C15H19N3OS/c1-10-14(11(2)17(3)16-10)15(19)18-8-5-4-6-13-12(18)7-9-20-13/h7,9H,4-6,8H2,1-3H3. The lowest BCUT2D eigenvalue weighted by atomic mass is 10.1. The molecule has 0 aromatic carbocycles. The Bertz CT molecular complexity index is 656. The number of carbonyl (C=O) groups excluding carboxylic acids is 1. The zero-order valence-electron chi connectivity index (χ0n) is 12.1. The van der Waals surface area contributed by atoms with Crippen LogP contribution in [0.5, 0.6) is 0 Å². The van der Waals surface area contributed by atoms with E-state index in [1.165, 1.54) is 4.88 Å². The van der Waals surface area contributed by atoms with Gasteiger partial charge in [-0.25, -0.2) is 0 Å². The molecule has 3 rings (SSSR count). The molecule has 1 aliphatic heterocycles. The molecule has 2 aromatic heterocycles.